The molecule has 1 saturated carbocycles. The fraction of sp³-hybridized carbons (Fsp3) is 0.909. The van der Waals surface area contributed by atoms with Crippen LogP contribution in [0.2, 0.25) is 6.32 Å². The Labute approximate surface area is 108 Å². The highest BCUT2D eigenvalue weighted by Crippen LogP contribution is 2.36. The molecule has 1 rings (SSSR count). The van der Waals surface area contributed by atoms with Crippen LogP contribution in [0.5, 0.6) is 0 Å². The van der Waals surface area contributed by atoms with Gasteiger partial charge in [-0.05, 0) is 45.6 Å². The Bertz CT molecular complexity index is 301. The fourth-order valence-electron chi connectivity index (χ4n) is 2.95. The van der Waals surface area contributed by atoms with E-state index in [-0.39, 0.29) is 18.3 Å². The van der Waals surface area contributed by atoms with Crippen molar-refractivity contribution in [2.24, 2.45) is 11.7 Å². The summed E-state index contributed by atoms with van der Waals surface area (Å²) in [5.74, 6) is -0.834. The molecule has 3 atom stereocenters. The van der Waals surface area contributed by atoms with Gasteiger partial charge in [-0.25, -0.2) is 0 Å². The van der Waals surface area contributed by atoms with Crippen LogP contribution in [-0.2, 0) is 4.79 Å². The van der Waals surface area contributed by atoms with Gasteiger partial charge in [0.15, 0.2) is 0 Å². The van der Waals surface area contributed by atoms with Crippen LogP contribution >= 0.6 is 0 Å². The van der Waals surface area contributed by atoms with Crippen molar-refractivity contribution >= 4 is 13.1 Å². The van der Waals surface area contributed by atoms with Crippen molar-refractivity contribution in [3.05, 3.63) is 0 Å². The third-order valence-corrected chi connectivity index (χ3v) is 3.92. The van der Waals surface area contributed by atoms with Gasteiger partial charge in [0.05, 0.1) is 0 Å². The van der Waals surface area contributed by atoms with E-state index in [9.17, 15) is 9.90 Å². The molecule has 1 aliphatic rings. The highest BCUT2D eigenvalue weighted by molar-refractivity contribution is 6.40. The maximum Gasteiger partial charge on any atom is 0.451 e. The minimum absolute atomic E-state index is 0.143. The second-order valence-electron chi connectivity index (χ2n) is 5.53. The number of carboxylic acid groups (broad SMARTS) is 1. The Balaban J connectivity index is 2.71. The monoisotopic (exact) mass is 258 g/mol. The van der Waals surface area contributed by atoms with Gasteiger partial charge in [0.1, 0.15) is 5.54 Å². The van der Waals surface area contributed by atoms with Crippen LogP contribution in [-0.4, -0.2) is 58.8 Å². The number of carbonyl (C=O) groups is 1. The lowest BCUT2D eigenvalue weighted by Crippen LogP contribution is -2.64. The number of nitrogens with zero attached hydrogens (tertiary/aromatic N) is 1. The smallest absolute Gasteiger partial charge is 0.451 e. The van der Waals surface area contributed by atoms with Gasteiger partial charge in [0.25, 0.3) is 0 Å². The summed E-state index contributed by atoms with van der Waals surface area (Å²) in [6, 6.07) is -0.176. The summed E-state index contributed by atoms with van der Waals surface area (Å²) >= 11 is 0. The minimum Gasteiger partial charge on any atom is -0.480 e. The predicted octanol–water partition coefficient (Wildman–Crippen LogP) is -0.638. The Hall–Kier alpha value is -0.625. The van der Waals surface area contributed by atoms with Crippen LogP contribution in [0.1, 0.15) is 25.7 Å². The van der Waals surface area contributed by atoms with Crippen LogP contribution < -0.4 is 5.73 Å². The molecule has 1 fully saturated rings. The lowest BCUT2D eigenvalue weighted by Gasteiger charge is -2.44. The Morgan fingerprint density at radius 1 is 1.44 bits per heavy atom. The molecule has 7 heteroatoms. The van der Waals surface area contributed by atoms with E-state index in [2.05, 4.69) is 0 Å². The van der Waals surface area contributed by atoms with Crippen LogP contribution in [0, 0.1) is 5.92 Å². The Morgan fingerprint density at radius 3 is 2.50 bits per heavy atom. The average molecular weight is 258 g/mol. The minimum atomic E-state index is -1.33. The molecule has 6 nitrogen and oxygen atoms in total. The second-order valence-corrected chi connectivity index (χ2v) is 5.53. The van der Waals surface area contributed by atoms with E-state index in [0.717, 1.165) is 12.8 Å². The third kappa shape index (κ3) is 3.44. The molecular weight excluding hydrogens is 235 g/mol. The lowest BCUT2D eigenvalue weighted by atomic mass is 9.68. The lowest BCUT2D eigenvalue weighted by molar-refractivity contribution is -0.148. The Kier molecular flexibility index (Phi) is 5.15. The number of nitrogens with two attached hydrogens (primary N) is 1. The molecule has 0 aromatic rings. The molecule has 1 aliphatic carbocycles. The fourth-order valence-corrected chi connectivity index (χ4v) is 2.95. The van der Waals surface area contributed by atoms with Gasteiger partial charge in [0, 0.05) is 6.04 Å². The summed E-state index contributed by atoms with van der Waals surface area (Å²) in [4.78, 5) is 13.3. The highest BCUT2D eigenvalue weighted by atomic mass is 16.4. The quantitative estimate of drug-likeness (QED) is 0.489. The second kappa shape index (κ2) is 6.01. The molecule has 18 heavy (non-hydrogen) atoms. The van der Waals surface area contributed by atoms with E-state index >= 15 is 0 Å². The van der Waals surface area contributed by atoms with E-state index < -0.39 is 18.6 Å². The van der Waals surface area contributed by atoms with Gasteiger partial charge < -0.3 is 25.8 Å². The number of rotatable bonds is 5. The molecule has 0 aromatic carbocycles. The van der Waals surface area contributed by atoms with Crippen molar-refractivity contribution in [2.75, 3.05) is 14.1 Å². The van der Waals surface area contributed by atoms with Crippen LogP contribution in [0.15, 0.2) is 0 Å². The molecule has 0 heterocycles. The molecule has 0 aliphatic heterocycles. The molecule has 0 amide bonds. The van der Waals surface area contributed by atoms with E-state index in [0.29, 0.717) is 12.8 Å². The SMILES string of the molecule is CN(C)[C@@H]1CC[C@@H](CCB(O)O)C[C@]1(N)C(=O)O. The van der Waals surface area contributed by atoms with Crippen molar-refractivity contribution in [1.29, 1.82) is 0 Å². The first-order chi connectivity index (χ1) is 8.27. The number of likely N-dealkylation sites (N-methyl/N-ethyl adjacent to an activating group) is 1. The summed E-state index contributed by atoms with van der Waals surface area (Å²) in [5.41, 5.74) is 4.83. The molecule has 0 unspecified atom stereocenters. The molecule has 0 radical (unpaired) electrons. The van der Waals surface area contributed by atoms with Crippen LogP contribution in [0.3, 0.4) is 0 Å². The van der Waals surface area contributed by atoms with Gasteiger partial charge in [-0.15, -0.1) is 0 Å². The molecular formula is C11H23BN2O4. The molecule has 5 N–H and O–H groups in total. The average Bonchev–Trinajstić information content (AvgIpc) is 2.25. The first-order valence-electron chi connectivity index (χ1n) is 6.32. The summed E-state index contributed by atoms with van der Waals surface area (Å²) in [5, 5.41) is 27.1. The van der Waals surface area contributed by atoms with Crippen molar-refractivity contribution in [1.82, 2.24) is 4.90 Å². The maximum absolute atomic E-state index is 11.4. The van der Waals surface area contributed by atoms with Crippen molar-refractivity contribution < 1.29 is 19.9 Å². The summed E-state index contributed by atoms with van der Waals surface area (Å²) in [6.45, 7) is 0. The van der Waals surface area contributed by atoms with Gasteiger partial charge in [-0.2, -0.15) is 0 Å². The summed E-state index contributed by atoms with van der Waals surface area (Å²) < 4.78 is 0. The zero-order valence-corrected chi connectivity index (χ0v) is 11.0. The standard InChI is InChI=1S/C11H23BN2O4/c1-14(2)9-4-3-8(5-6-12(17)18)7-11(9,13)10(15)16/h8-9,17-18H,3-7,13H2,1-2H3,(H,15,16)/t8-,9+,11+/m0/s1. The Morgan fingerprint density at radius 2 is 2.06 bits per heavy atom. The number of hydrogen-bond donors (Lipinski definition) is 4. The van der Waals surface area contributed by atoms with Crippen molar-refractivity contribution in [3.63, 3.8) is 0 Å². The predicted molar refractivity (Wildman–Crippen MR) is 69.0 cm³/mol. The van der Waals surface area contributed by atoms with E-state index in [1.165, 1.54) is 0 Å². The van der Waals surface area contributed by atoms with Gasteiger partial charge in [-0.3, -0.25) is 4.79 Å². The van der Waals surface area contributed by atoms with Crippen molar-refractivity contribution in [2.45, 2.75) is 43.6 Å². The molecule has 0 bridgehead atoms. The zero-order chi connectivity index (χ0) is 13.9. The molecule has 0 aromatic heterocycles. The van der Waals surface area contributed by atoms with Gasteiger partial charge in [-0.1, -0.05) is 6.42 Å². The van der Waals surface area contributed by atoms with E-state index in [1.54, 1.807) is 0 Å². The number of hydrogen-bond acceptors (Lipinski definition) is 5. The van der Waals surface area contributed by atoms with Gasteiger partial charge >= 0.3 is 13.1 Å². The molecule has 0 saturated heterocycles. The maximum atomic E-state index is 11.4. The van der Waals surface area contributed by atoms with E-state index in [4.69, 9.17) is 15.8 Å². The topological polar surface area (TPSA) is 107 Å². The summed E-state index contributed by atoms with van der Waals surface area (Å²) in [7, 11) is 2.36. The highest BCUT2D eigenvalue weighted by Gasteiger charge is 2.47. The van der Waals surface area contributed by atoms with Crippen molar-refractivity contribution in [3.8, 4) is 0 Å². The molecule has 0 spiro atoms. The van der Waals surface area contributed by atoms with Gasteiger partial charge in [0.2, 0.25) is 0 Å². The normalized spacial score (nSPS) is 32.6. The first-order valence-corrected chi connectivity index (χ1v) is 6.32. The zero-order valence-electron chi connectivity index (χ0n) is 11.0. The van der Waals surface area contributed by atoms with Crippen LogP contribution in [0.25, 0.3) is 0 Å². The van der Waals surface area contributed by atoms with E-state index in [1.807, 2.05) is 19.0 Å². The first kappa shape index (κ1) is 15.4. The largest absolute Gasteiger partial charge is 0.480 e. The summed E-state index contributed by atoms with van der Waals surface area (Å²) in [6.07, 6.45) is 2.86. The molecule has 104 valence electrons. The van der Waals surface area contributed by atoms with Crippen LogP contribution in [0.4, 0.5) is 0 Å². The third-order valence-electron chi connectivity index (χ3n) is 3.92. The number of aliphatic carboxylic acids is 1. The number of carboxylic acids is 1.